The minimum atomic E-state index is -0.517. The van der Waals surface area contributed by atoms with Crippen molar-refractivity contribution in [1.29, 1.82) is 0 Å². The van der Waals surface area contributed by atoms with Gasteiger partial charge in [0.2, 0.25) is 5.91 Å². The SMILES string of the molecule is CC(=Cc1ccccc1)COC(=O)C1=CCS[C@H]2C(N)C(=O)N12. The lowest BCUT2D eigenvalue weighted by atomic mass is 10.1. The standard InChI is InChI=1S/C17H18N2O3S/c1-11(9-12-5-3-2-4-6-12)10-22-17(21)13-7-8-23-16-14(18)15(20)19(13)16/h2-7,9,14,16H,8,10,18H2,1H3/t14?,16-/m0/s1. The number of carbonyl (C=O) groups excluding carboxylic acids is 2. The van der Waals surface area contributed by atoms with Gasteiger partial charge in [0.1, 0.15) is 23.7 Å². The molecular formula is C17H18N2O3S. The highest BCUT2D eigenvalue weighted by Crippen LogP contribution is 2.36. The lowest BCUT2D eigenvalue weighted by Gasteiger charge is -2.46. The Bertz CT molecular complexity index is 684. The van der Waals surface area contributed by atoms with E-state index in [2.05, 4.69) is 0 Å². The maximum absolute atomic E-state index is 12.2. The van der Waals surface area contributed by atoms with Crippen LogP contribution in [0.1, 0.15) is 12.5 Å². The molecule has 3 rings (SSSR count). The highest BCUT2D eigenvalue weighted by molar-refractivity contribution is 8.00. The molecule has 5 nitrogen and oxygen atoms in total. The summed E-state index contributed by atoms with van der Waals surface area (Å²) >= 11 is 1.56. The molecule has 1 aromatic rings. The van der Waals surface area contributed by atoms with E-state index in [0.29, 0.717) is 11.4 Å². The van der Waals surface area contributed by atoms with Gasteiger partial charge in [0, 0.05) is 5.75 Å². The Labute approximate surface area is 139 Å². The Morgan fingerprint density at radius 3 is 2.91 bits per heavy atom. The normalized spacial score (nSPS) is 23.7. The Kier molecular flexibility index (Phi) is 4.54. The van der Waals surface area contributed by atoms with Crippen LogP contribution in [0.2, 0.25) is 0 Å². The van der Waals surface area contributed by atoms with Gasteiger partial charge in [0.25, 0.3) is 0 Å². The first kappa shape index (κ1) is 15.8. The molecule has 1 saturated heterocycles. The van der Waals surface area contributed by atoms with Crippen molar-refractivity contribution in [3.8, 4) is 0 Å². The van der Waals surface area contributed by atoms with E-state index >= 15 is 0 Å². The maximum atomic E-state index is 12.2. The Hall–Kier alpha value is -2.05. The number of hydrogen-bond donors (Lipinski definition) is 1. The number of carbonyl (C=O) groups is 2. The number of nitrogens with two attached hydrogens (primary N) is 1. The van der Waals surface area contributed by atoms with Crippen LogP contribution in [0, 0.1) is 0 Å². The summed E-state index contributed by atoms with van der Waals surface area (Å²) in [5, 5.41) is -0.143. The summed E-state index contributed by atoms with van der Waals surface area (Å²) in [6, 6.07) is 9.30. The topological polar surface area (TPSA) is 72.6 Å². The van der Waals surface area contributed by atoms with Crippen LogP contribution in [0.4, 0.5) is 0 Å². The number of esters is 1. The van der Waals surface area contributed by atoms with Crippen molar-refractivity contribution >= 4 is 29.7 Å². The molecule has 0 saturated carbocycles. The zero-order valence-electron chi connectivity index (χ0n) is 12.8. The molecule has 1 unspecified atom stereocenters. The fraction of sp³-hybridized carbons (Fsp3) is 0.294. The van der Waals surface area contributed by atoms with Crippen molar-refractivity contribution in [3.05, 3.63) is 53.2 Å². The molecule has 0 bridgehead atoms. The Morgan fingerprint density at radius 2 is 2.17 bits per heavy atom. The molecule has 2 aliphatic heterocycles. The summed E-state index contributed by atoms with van der Waals surface area (Å²) in [5.74, 6) is -0.0379. The van der Waals surface area contributed by atoms with Gasteiger partial charge in [-0.25, -0.2) is 4.79 Å². The van der Waals surface area contributed by atoms with Gasteiger partial charge >= 0.3 is 5.97 Å². The van der Waals surface area contributed by atoms with Gasteiger partial charge < -0.3 is 10.5 Å². The molecule has 6 heteroatoms. The highest BCUT2D eigenvalue weighted by atomic mass is 32.2. The molecule has 1 fully saturated rings. The number of amides is 1. The summed E-state index contributed by atoms with van der Waals surface area (Å²) in [6.07, 6.45) is 3.69. The van der Waals surface area contributed by atoms with Crippen LogP contribution in [-0.4, -0.2) is 40.6 Å². The van der Waals surface area contributed by atoms with Crippen LogP contribution in [-0.2, 0) is 14.3 Å². The molecule has 0 aromatic heterocycles. The number of thioether (sulfide) groups is 1. The van der Waals surface area contributed by atoms with E-state index in [-0.39, 0.29) is 17.9 Å². The third-order valence-electron chi connectivity index (χ3n) is 3.74. The number of rotatable bonds is 4. The average Bonchev–Trinajstić information content (AvgIpc) is 2.59. The van der Waals surface area contributed by atoms with Crippen molar-refractivity contribution in [2.24, 2.45) is 5.73 Å². The van der Waals surface area contributed by atoms with Gasteiger partial charge in [-0.1, -0.05) is 36.4 Å². The first-order valence-electron chi connectivity index (χ1n) is 7.37. The second-order valence-electron chi connectivity index (χ2n) is 5.52. The number of ether oxygens (including phenoxy) is 1. The van der Waals surface area contributed by atoms with Crippen LogP contribution in [0.15, 0.2) is 47.7 Å². The van der Waals surface area contributed by atoms with E-state index in [1.54, 1.807) is 17.8 Å². The molecule has 2 N–H and O–H groups in total. The maximum Gasteiger partial charge on any atom is 0.355 e. The molecule has 0 radical (unpaired) electrons. The molecule has 2 atom stereocenters. The van der Waals surface area contributed by atoms with Gasteiger partial charge in [-0.3, -0.25) is 9.69 Å². The summed E-state index contributed by atoms with van der Waals surface area (Å²) in [5.41, 5.74) is 8.04. The lowest BCUT2D eigenvalue weighted by Crippen LogP contribution is -2.68. The third-order valence-corrected chi connectivity index (χ3v) is 4.94. The summed E-state index contributed by atoms with van der Waals surface area (Å²) in [6.45, 7) is 2.09. The van der Waals surface area contributed by atoms with Crippen LogP contribution >= 0.6 is 11.8 Å². The van der Waals surface area contributed by atoms with Crippen molar-refractivity contribution in [3.63, 3.8) is 0 Å². The first-order valence-corrected chi connectivity index (χ1v) is 8.42. The van der Waals surface area contributed by atoms with Crippen molar-refractivity contribution in [2.75, 3.05) is 12.4 Å². The number of nitrogens with zero attached hydrogens (tertiary/aromatic N) is 1. The minimum absolute atomic E-state index is 0.143. The summed E-state index contributed by atoms with van der Waals surface area (Å²) in [7, 11) is 0. The first-order chi connectivity index (χ1) is 11.1. The largest absolute Gasteiger partial charge is 0.457 e. The Balaban J connectivity index is 1.60. The quantitative estimate of drug-likeness (QED) is 0.673. The third kappa shape index (κ3) is 3.18. The lowest BCUT2D eigenvalue weighted by molar-refractivity contribution is -0.150. The van der Waals surface area contributed by atoms with E-state index < -0.39 is 12.0 Å². The summed E-state index contributed by atoms with van der Waals surface area (Å²) in [4.78, 5) is 25.5. The van der Waals surface area contributed by atoms with Gasteiger partial charge in [0.05, 0.1) is 0 Å². The second kappa shape index (κ2) is 6.60. The molecule has 0 spiro atoms. The van der Waals surface area contributed by atoms with Gasteiger partial charge in [-0.2, -0.15) is 0 Å². The van der Waals surface area contributed by atoms with Crippen molar-refractivity contribution < 1.29 is 14.3 Å². The van der Waals surface area contributed by atoms with Crippen molar-refractivity contribution in [2.45, 2.75) is 18.3 Å². The van der Waals surface area contributed by atoms with Gasteiger partial charge in [-0.05, 0) is 24.1 Å². The van der Waals surface area contributed by atoms with E-state index in [1.807, 2.05) is 43.3 Å². The summed E-state index contributed by atoms with van der Waals surface area (Å²) < 4.78 is 5.33. The van der Waals surface area contributed by atoms with Crippen LogP contribution in [0.5, 0.6) is 0 Å². The average molecular weight is 330 g/mol. The van der Waals surface area contributed by atoms with Gasteiger partial charge in [0.15, 0.2) is 0 Å². The zero-order chi connectivity index (χ0) is 16.4. The Morgan fingerprint density at radius 1 is 1.43 bits per heavy atom. The molecule has 0 aliphatic carbocycles. The number of hydrogen-bond acceptors (Lipinski definition) is 5. The smallest absolute Gasteiger partial charge is 0.355 e. The van der Waals surface area contributed by atoms with E-state index in [4.69, 9.17) is 10.5 Å². The molecule has 23 heavy (non-hydrogen) atoms. The predicted molar refractivity (Wildman–Crippen MR) is 90.2 cm³/mol. The number of benzene rings is 1. The monoisotopic (exact) mass is 330 g/mol. The van der Waals surface area contributed by atoms with E-state index in [9.17, 15) is 9.59 Å². The molecule has 2 heterocycles. The van der Waals surface area contributed by atoms with E-state index in [1.165, 1.54) is 4.90 Å². The predicted octanol–water partition coefficient (Wildman–Crippen LogP) is 1.76. The van der Waals surface area contributed by atoms with E-state index in [0.717, 1.165) is 11.1 Å². The number of β-lactam (4-membered cyclic amide) rings is 1. The van der Waals surface area contributed by atoms with Crippen LogP contribution in [0.25, 0.3) is 6.08 Å². The molecule has 1 amide bonds. The molecule has 120 valence electrons. The minimum Gasteiger partial charge on any atom is -0.457 e. The van der Waals surface area contributed by atoms with Crippen LogP contribution in [0.3, 0.4) is 0 Å². The molecular weight excluding hydrogens is 312 g/mol. The second-order valence-corrected chi connectivity index (χ2v) is 6.67. The molecule has 1 aromatic carbocycles. The highest BCUT2D eigenvalue weighted by Gasteiger charge is 2.50. The fourth-order valence-corrected chi connectivity index (χ4v) is 3.70. The fourth-order valence-electron chi connectivity index (χ4n) is 2.55. The number of fused-ring (bicyclic) bond motifs is 1. The van der Waals surface area contributed by atoms with Crippen LogP contribution < -0.4 is 5.73 Å². The molecule has 2 aliphatic rings. The van der Waals surface area contributed by atoms with Crippen molar-refractivity contribution in [1.82, 2.24) is 4.90 Å². The zero-order valence-corrected chi connectivity index (χ0v) is 13.6. The van der Waals surface area contributed by atoms with Gasteiger partial charge in [-0.15, -0.1) is 11.8 Å².